The van der Waals surface area contributed by atoms with Crippen LogP contribution >= 0.6 is 15.9 Å². The molecule has 1 aliphatic heterocycles. The van der Waals surface area contributed by atoms with E-state index in [4.69, 9.17) is 4.74 Å². The number of hydrogen-bond acceptors (Lipinski definition) is 3. The van der Waals surface area contributed by atoms with Crippen molar-refractivity contribution in [2.24, 2.45) is 5.41 Å². The highest BCUT2D eigenvalue weighted by Crippen LogP contribution is 2.29. The summed E-state index contributed by atoms with van der Waals surface area (Å²) in [7, 11) is 0. The number of likely N-dealkylation sites (tertiary alicyclic amines) is 1. The average Bonchev–Trinajstić information content (AvgIpc) is 2.41. The monoisotopic (exact) mass is 341 g/mol. The Morgan fingerprint density at radius 3 is 2.80 bits per heavy atom. The molecule has 0 amide bonds. The number of carboxylic acid groups (broad SMARTS) is 1. The smallest absolute Gasteiger partial charge is 0.310 e. The second-order valence-corrected chi connectivity index (χ2v) is 6.46. The van der Waals surface area contributed by atoms with Gasteiger partial charge in [-0.3, -0.25) is 9.69 Å². The normalized spacial score (nSPS) is 23.5. The molecule has 0 bridgehead atoms. The Morgan fingerprint density at radius 1 is 1.45 bits per heavy atom. The molecule has 1 aromatic carbocycles. The molecule has 0 spiro atoms. The van der Waals surface area contributed by atoms with Gasteiger partial charge in [0.1, 0.15) is 12.4 Å². The Morgan fingerprint density at radius 2 is 2.15 bits per heavy atom. The molecular formula is C15H20BrNO3. The average molecular weight is 342 g/mol. The zero-order valence-electron chi connectivity index (χ0n) is 11.6. The molecule has 1 saturated heterocycles. The molecule has 2 rings (SSSR count). The molecule has 5 heteroatoms. The number of benzene rings is 1. The summed E-state index contributed by atoms with van der Waals surface area (Å²) in [6.45, 7) is 4.73. The maximum absolute atomic E-state index is 11.3. The number of carboxylic acids is 1. The van der Waals surface area contributed by atoms with Crippen molar-refractivity contribution in [3.8, 4) is 5.75 Å². The van der Waals surface area contributed by atoms with Crippen LogP contribution in [0.5, 0.6) is 5.75 Å². The lowest BCUT2D eigenvalue weighted by molar-refractivity contribution is -0.151. The summed E-state index contributed by atoms with van der Waals surface area (Å²) in [6, 6.07) is 7.72. The maximum Gasteiger partial charge on any atom is 0.310 e. The van der Waals surface area contributed by atoms with Crippen molar-refractivity contribution in [3.63, 3.8) is 0 Å². The highest BCUT2D eigenvalue weighted by molar-refractivity contribution is 9.10. The third-order valence-electron chi connectivity index (χ3n) is 3.78. The van der Waals surface area contributed by atoms with Gasteiger partial charge in [-0.15, -0.1) is 0 Å². The van der Waals surface area contributed by atoms with E-state index in [0.717, 1.165) is 36.2 Å². The fourth-order valence-corrected chi connectivity index (χ4v) is 2.80. The van der Waals surface area contributed by atoms with Crippen molar-refractivity contribution in [3.05, 3.63) is 28.7 Å². The fraction of sp³-hybridized carbons (Fsp3) is 0.533. The van der Waals surface area contributed by atoms with Gasteiger partial charge in [0.15, 0.2) is 0 Å². The van der Waals surface area contributed by atoms with Crippen LogP contribution < -0.4 is 4.74 Å². The first-order valence-electron chi connectivity index (χ1n) is 6.84. The summed E-state index contributed by atoms with van der Waals surface area (Å²) in [4.78, 5) is 13.5. The van der Waals surface area contributed by atoms with Crippen LogP contribution in [0.1, 0.15) is 19.8 Å². The lowest BCUT2D eigenvalue weighted by atomic mass is 9.82. The van der Waals surface area contributed by atoms with E-state index in [2.05, 4.69) is 20.8 Å². The summed E-state index contributed by atoms with van der Waals surface area (Å²) in [6.07, 6.45) is 1.69. The first-order valence-corrected chi connectivity index (χ1v) is 7.63. The Labute approximate surface area is 127 Å². The van der Waals surface area contributed by atoms with Crippen LogP contribution in [0.4, 0.5) is 0 Å². The molecular weight excluding hydrogens is 322 g/mol. The maximum atomic E-state index is 11.3. The molecule has 1 atom stereocenters. The second-order valence-electron chi connectivity index (χ2n) is 5.55. The van der Waals surface area contributed by atoms with Gasteiger partial charge in [-0.1, -0.05) is 15.9 Å². The van der Waals surface area contributed by atoms with Gasteiger partial charge in [0.25, 0.3) is 0 Å². The topological polar surface area (TPSA) is 49.8 Å². The van der Waals surface area contributed by atoms with Gasteiger partial charge in [-0.2, -0.15) is 0 Å². The van der Waals surface area contributed by atoms with Crippen LogP contribution in [-0.4, -0.2) is 42.2 Å². The summed E-state index contributed by atoms with van der Waals surface area (Å²) >= 11 is 3.38. The molecule has 0 radical (unpaired) electrons. The van der Waals surface area contributed by atoms with Gasteiger partial charge < -0.3 is 9.84 Å². The van der Waals surface area contributed by atoms with E-state index in [1.165, 1.54) is 0 Å². The summed E-state index contributed by atoms with van der Waals surface area (Å²) < 4.78 is 6.71. The SMILES string of the molecule is CC1(C(=O)O)CCCN(CCOc2ccc(Br)cc2)C1. The molecule has 0 aromatic heterocycles. The minimum absolute atomic E-state index is 0.581. The van der Waals surface area contributed by atoms with Crippen LogP contribution in [0.3, 0.4) is 0 Å². The van der Waals surface area contributed by atoms with Gasteiger partial charge in [-0.05, 0) is 50.6 Å². The summed E-state index contributed by atoms with van der Waals surface area (Å²) in [5.41, 5.74) is -0.615. The third kappa shape index (κ3) is 3.96. The number of ether oxygens (including phenoxy) is 1. The number of rotatable bonds is 5. The van der Waals surface area contributed by atoms with Gasteiger partial charge >= 0.3 is 5.97 Å². The Bertz CT molecular complexity index is 463. The summed E-state index contributed by atoms with van der Waals surface area (Å²) in [5.74, 6) is 0.141. The predicted molar refractivity (Wildman–Crippen MR) is 81.1 cm³/mol. The quantitative estimate of drug-likeness (QED) is 0.894. The van der Waals surface area contributed by atoms with E-state index >= 15 is 0 Å². The fourth-order valence-electron chi connectivity index (χ4n) is 2.53. The van der Waals surface area contributed by atoms with Crippen molar-refractivity contribution in [2.75, 3.05) is 26.2 Å². The lowest BCUT2D eigenvalue weighted by Crippen LogP contribution is -2.47. The number of carbonyl (C=O) groups is 1. The largest absolute Gasteiger partial charge is 0.492 e. The third-order valence-corrected chi connectivity index (χ3v) is 4.31. The Balaban J connectivity index is 1.79. The minimum atomic E-state index is -0.698. The van der Waals surface area contributed by atoms with E-state index in [1.807, 2.05) is 31.2 Å². The lowest BCUT2D eigenvalue weighted by Gasteiger charge is -2.37. The van der Waals surface area contributed by atoms with E-state index in [1.54, 1.807) is 0 Å². The molecule has 1 N–H and O–H groups in total. The molecule has 0 aliphatic carbocycles. The molecule has 110 valence electrons. The molecule has 0 saturated carbocycles. The second kappa shape index (κ2) is 6.59. The highest BCUT2D eigenvalue weighted by atomic mass is 79.9. The van der Waals surface area contributed by atoms with Crippen molar-refractivity contribution in [1.29, 1.82) is 0 Å². The van der Waals surface area contributed by atoms with E-state index in [0.29, 0.717) is 13.2 Å². The highest BCUT2D eigenvalue weighted by Gasteiger charge is 2.37. The zero-order valence-corrected chi connectivity index (χ0v) is 13.2. The van der Waals surface area contributed by atoms with E-state index < -0.39 is 11.4 Å². The zero-order chi connectivity index (χ0) is 14.6. The van der Waals surface area contributed by atoms with Crippen molar-refractivity contribution in [2.45, 2.75) is 19.8 Å². The van der Waals surface area contributed by atoms with Crippen LogP contribution in [0.25, 0.3) is 0 Å². The number of aliphatic carboxylic acids is 1. The molecule has 1 aromatic rings. The molecule has 1 aliphatic rings. The minimum Gasteiger partial charge on any atom is -0.492 e. The van der Waals surface area contributed by atoms with Crippen LogP contribution in [0, 0.1) is 5.41 Å². The number of hydrogen-bond donors (Lipinski definition) is 1. The van der Waals surface area contributed by atoms with Gasteiger partial charge in [0, 0.05) is 17.6 Å². The number of nitrogens with zero attached hydrogens (tertiary/aromatic N) is 1. The van der Waals surface area contributed by atoms with E-state index in [-0.39, 0.29) is 0 Å². The predicted octanol–water partition coefficient (Wildman–Crippen LogP) is 3.01. The van der Waals surface area contributed by atoms with Crippen molar-refractivity contribution < 1.29 is 14.6 Å². The molecule has 20 heavy (non-hydrogen) atoms. The van der Waals surface area contributed by atoms with Gasteiger partial charge in [-0.25, -0.2) is 0 Å². The number of halogens is 1. The standard InChI is InChI=1S/C15H20BrNO3/c1-15(14(18)19)7-2-8-17(11-15)9-10-20-13-5-3-12(16)4-6-13/h3-6H,2,7-11H2,1H3,(H,18,19). The molecule has 1 unspecified atom stereocenters. The van der Waals surface area contributed by atoms with Crippen molar-refractivity contribution >= 4 is 21.9 Å². The molecule has 4 nitrogen and oxygen atoms in total. The number of piperidine rings is 1. The van der Waals surface area contributed by atoms with Gasteiger partial charge in [0.2, 0.25) is 0 Å². The molecule has 1 heterocycles. The Hall–Kier alpha value is -1.07. The van der Waals surface area contributed by atoms with Crippen molar-refractivity contribution in [1.82, 2.24) is 4.90 Å². The Kier molecular flexibility index (Phi) is 5.05. The van der Waals surface area contributed by atoms with E-state index in [9.17, 15) is 9.90 Å². The van der Waals surface area contributed by atoms with Crippen LogP contribution in [0.15, 0.2) is 28.7 Å². The summed E-state index contributed by atoms with van der Waals surface area (Å²) in [5, 5.41) is 9.28. The van der Waals surface area contributed by atoms with Crippen LogP contribution in [-0.2, 0) is 4.79 Å². The first-order chi connectivity index (χ1) is 9.49. The first kappa shape index (κ1) is 15.3. The van der Waals surface area contributed by atoms with Gasteiger partial charge in [0.05, 0.1) is 5.41 Å². The van der Waals surface area contributed by atoms with Crippen LogP contribution in [0.2, 0.25) is 0 Å². The molecule has 1 fully saturated rings.